The summed E-state index contributed by atoms with van der Waals surface area (Å²) in [5.41, 5.74) is 4.16. The van der Waals surface area contributed by atoms with E-state index in [9.17, 15) is 48.3 Å². The van der Waals surface area contributed by atoms with E-state index in [-0.39, 0.29) is 78.2 Å². The van der Waals surface area contributed by atoms with E-state index in [4.69, 9.17) is 47.9 Å². The fraction of sp³-hybridized carbons (Fsp3) is 0.603. The number of allylic oxidation sites excluding steroid dienone is 3. The van der Waals surface area contributed by atoms with Gasteiger partial charge in [-0.2, -0.15) is 0 Å². The zero-order valence-corrected chi connectivity index (χ0v) is 56.4. The summed E-state index contributed by atoms with van der Waals surface area (Å²) in [5, 5.41) is 20.8. The van der Waals surface area contributed by atoms with Gasteiger partial charge in [0.1, 0.15) is 47.3 Å². The number of halogens is 5. The number of hydrogen-bond donors (Lipinski definition) is 5. The van der Waals surface area contributed by atoms with Gasteiger partial charge in [0, 0.05) is 88.3 Å². The fourth-order valence-electron chi connectivity index (χ4n) is 11.1. The number of likely N-dealkylation sites (N-methyl/N-ethyl adjacent to an activating group) is 1. The molecule has 6 amide bonds. The lowest BCUT2D eigenvalue weighted by Gasteiger charge is -2.42. The predicted octanol–water partition coefficient (Wildman–Crippen LogP) is 9.51. The Morgan fingerprint density at radius 3 is 2.30 bits per heavy atom. The van der Waals surface area contributed by atoms with Gasteiger partial charge in [0.2, 0.25) is 11.8 Å². The molecule has 88 heavy (non-hydrogen) atoms. The number of methoxy groups -OCH3 is 1. The lowest BCUT2D eigenvalue weighted by Crippen LogP contribution is -2.63. The van der Waals surface area contributed by atoms with Gasteiger partial charge in [0.05, 0.1) is 39.9 Å². The Labute approximate surface area is 541 Å². The number of unbranched alkanes of at least 4 members (excludes halogenated alkanes) is 3. The van der Waals surface area contributed by atoms with Crippen LogP contribution in [0, 0.1) is 36.4 Å². The summed E-state index contributed by atoms with van der Waals surface area (Å²) in [5.74, 6) is -6.43. The number of alkyl carbamates (subject to hydrolysis) is 1. The number of carbonyl (C=O) groups is 9. The second-order valence-electron chi connectivity index (χ2n) is 24.0. The van der Waals surface area contributed by atoms with Crippen molar-refractivity contribution in [2.45, 2.75) is 180 Å². The highest BCUT2D eigenvalue weighted by molar-refractivity contribution is 9.09. The number of nitrogens with one attached hydrogen (secondary N) is 3. The average Bonchev–Trinajstić information content (AvgIpc) is 1.65. The maximum atomic E-state index is 16.3. The molecule has 2 aromatic carbocycles. The second kappa shape index (κ2) is 33.1. The molecule has 2 saturated heterocycles. The van der Waals surface area contributed by atoms with Crippen LogP contribution in [-0.2, 0) is 60.6 Å². The van der Waals surface area contributed by atoms with Crippen molar-refractivity contribution < 1.29 is 71.6 Å². The van der Waals surface area contributed by atoms with E-state index in [1.54, 1.807) is 53.0 Å². The van der Waals surface area contributed by atoms with Crippen molar-refractivity contribution in [2.75, 3.05) is 43.3 Å². The Bertz CT molecular complexity index is 2970. The first-order valence-corrected chi connectivity index (χ1v) is 32.7. The molecule has 25 heteroatoms. The van der Waals surface area contributed by atoms with Crippen LogP contribution in [0.5, 0.6) is 0 Å². The number of ether oxygens (including phenoxy) is 4. The quantitative estimate of drug-likeness (QED) is 0.0241. The highest BCUT2D eigenvalue weighted by Gasteiger charge is 2.64. The van der Waals surface area contributed by atoms with Gasteiger partial charge < -0.3 is 50.2 Å². The number of benzene rings is 2. The zero-order chi connectivity index (χ0) is 65.5. The van der Waals surface area contributed by atoms with Crippen LogP contribution in [0.3, 0.4) is 0 Å². The lowest BCUT2D eigenvalue weighted by atomic mass is 9.83. The molecule has 3 aliphatic rings. The van der Waals surface area contributed by atoms with Crippen LogP contribution in [0.4, 0.5) is 19.7 Å². The summed E-state index contributed by atoms with van der Waals surface area (Å²) in [6, 6.07) is 2.23. The summed E-state index contributed by atoms with van der Waals surface area (Å²) < 4.78 is 40.1. The molecule has 0 radical (unpaired) electrons. The van der Waals surface area contributed by atoms with E-state index in [1.165, 1.54) is 26.0 Å². The Balaban J connectivity index is 1.33. The lowest BCUT2D eigenvalue weighted by molar-refractivity contribution is -0.158. The molecular weight excluding hydrogens is 1310 g/mol. The summed E-state index contributed by atoms with van der Waals surface area (Å²) in [6.07, 6.45) is 2.99. The zero-order valence-electron chi connectivity index (χ0n) is 51.7. The third-order valence-corrected chi connectivity index (χ3v) is 19.3. The Morgan fingerprint density at radius 1 is 0.989 bits per heavy atom. The molecule has 5 rings (SSSR count). The van der Waals surface area contributed by atoms with E-state index in [0.29, 0.717) is 52.6 Å². The molecule has 4 bridgehead atoms. The number of aryl methyl sites for hydroxylation is 1. The van der Waals surface area contributed by atoms with E-state index >= 15 is 4.39 Å². The van der Waals surface area contributed by atoms with Gasteiger partial charge in [-0.3, -0.25) is 34.1 Å². The van der Waals surface area contributed by atoms with Gasteiger partial charge in [-0.1, -0.05) is 119 Å². The number of anilines is 1. The van der Waals surface area contributed by atoms with E-state index < -0.39 is 120 Å². The maximum absolute atomic E-state index is 16.3. The molecule has 0 unspecified atom stereocenters. The smallest absolute Gasteiger partial charge is 0.409 e. The topological polar surface area (TPSA) is 283 Å². The minimum Gasteiger partial charge on any atom is -0.457 e. The number of hydrogen-bond acceptors (Lipinski definition) is 14. The van der Waals surface area contributed by atoms with Crippen molar-refractivity contribution in [1.29, 1.82) is 0 Å². The van der Waals surface area contributed by atoms with Crippen LogP contribution < -0.4 is 26.6 Å². The number of fused-ring (bicyclic) bond motifs is 5. The third kappa shape index (κ3) is 19.6. The Kier molecular flexibility index (Phi) is 27.7. The van der Waals surface area contributed by atoms with Crippen molar-refractivity contribution in [1.82, 2.24) is 20.9 Å². The van der Waals surface area contributed by atoms with Crippen molar-refractivity contribution in [3.63, 3.8) is 0 Å². The van der Waals surface area contributed by atoms with Crippen LogP contribution in [0.1, 0.15) is 139 Å². The number of rotatable bonds is 27. The molecular formula is C63H85Br2Cl2FN6O14. The number of epoxide rings is 1. The number of esters is 1. The molecule has 0 spiro atoms. The van der Waals surface area contributed by atoms with E-state index in [2.05, 4.69) is 47.8 Å². The van der Waals surface area contributed by atoms with Crippen molar-refractivity contribution in [2.24, 2.45) is 29.4 Å². The number of alkyl halides is 2. The molecule has 486 valence electrons. The monoisotopic (exact) mass is 1400 g/mol. The highest BCUT2D eigenvalue weighted by atomic mass is 79.9. The van der Waals surface area contributed by atoms with Crippen LogP contribution in [-0.4, -0.2) is 149 Å². The Hall–Kier alpha value is -5.30. The second-order valence-corrected chi connectivity index (χ2v) is 26.1. The van der Waals surface area contributed by atoms with Gasteiger partial charge in [0.15, 0.2) is 11.5 Å². The van der Waals surface area contributed by atoms with Crippen molar-refractivity contribution >= 4 is 114 Å². The number of nitrogens with two attached hydrogens (primary N) is 1. The number of urea groups is 1. The molecule has 0 aromatic heterocycles. The third-order valence-electron chi connectivity index (χ3n) is 16.9. The van der Waals surface area contributed by atoms with Crippen LogP contribution >= 0.6 is 55.1 Å². The number of aliphatic hydroxyl groups is 1. The molecule has 3 heterocycles. The number of carbonyl (C=O) groups excluding carboxylic acids is 9. The normalized spacial score (nSPS) is 24.1. The molecule has 2 fully saturated rings. The van der Waals surface area contributed by atoms with Crippen LogP contribution in [0.15, 0.2) is 48.1 Å². The minimum atomic E-state index is -1.92. The van der Waals surface area contributed by atoms with Gasteiger partial charge in [-0.25, -0.2) is 18.8 Å². The maximum Gasteiger partial charge on any atom is 0.409 e. The number of amides is 6. The molecule has 6 N–H and O–H groups in total. The molecule has 10 atom stereocenters. The Morgan fingerprint density at radius 2 is 1.66 bits per heavy atom. The van der Waals surface area contributed by atoms with Gasteiger partial charge in [-0.15, -0.1) is 0 Å². The molecule has 3 aliphatic heterocycles. The minimum absolute atomic E-state index is 0.00442. The molecule has 2 aromatic rings. The van der Waals surface area contributed by atoms with Gasteiger partial charge >= 0.3 is 18.1 Å². The summed E-state index contributed by atoms with van der Waals surface area (Å²) >= 11 is 20.3. The average molecular weight is 1400 g/mol. The number of Topliss-reactive ketones (excluding diaryl/α,β-unsaturated/α-hetero) is 3. The van der Waals surface area contributed by atoms with Crippen LogP contribution in [0.2, 0.25) is 10.0 Å². The van der Waals surface area contributed by atoms with E-state index in [0.717, 1.165) is 41.0 Å². The number of nitrogens with zero attached hydrogens (tertiary/aromatic N) is 2. The van der Waals surface area contributed by atoms with Gasteiger partial charge in [-0.05, 0) is 101 Å². The van der Waals surface area contributed by atoms with E-state index in [1.807, 2.05) is 26.0 Å². The molecule has 0 saturated carbocycles. The largest absolute Gasteiger partial charge is 0.457 e. The van der Waals surface area contributed by atoms with Crippen LogP contribution in [0.25, 0.3) is 0 Å². The molecule has 20 nitrogen and oxygen atoms in total. The summed E-state index contributed by atoms with van der Waals surface area (Å²) in [4.78, 5) is 124. The molecule has 0 aliphatic carbocycles. The van der Waals surface area contributed by atoms with Crippen molar-refractivity contribution in [3.8, 4) is 0 Å². The van der Waals surface area contributed by atoms with Gasteiger partial charge in [0.25, 0.3) is 5.91 Å². The summed E-state index contributed by atoms with van der Waals surface area (Å²) in [7, 11) is 4.21. The highest BCUT2D eigenvalue weighted by Crippen LogP contribution is 2.49. The summed E-state index contributed by atoms with van der Waals surface area (Å²) in [6.45, 7) is 12.1. The SMILES string of the molecule is CO[C@@H]1/C=C/C=C(\C)Cc2cc(C)c(Cl)c(c2)N(C)C(=O)C[C@H](OC(=O)[C@H](C)N(C)C(=O)c2cc(F)c(CC(=O)[C@H](CCCNC(N)=O)NC(=O)[C@@H](CC(=O)CCCCCCC(=O)C(CBr)CBr)C(C)C)cc2Cl)[C@]2(C)O[C@H]2[C@H](C)[C@@H]2C[C@@]1(O)NC(=O)O2. The first-order chi connectivity index (χ1) is 41.4. The number of ketones is 3. The standard InChI is InChI=1S/C63H85Br2Cl2FN6O14/c1-34(2)43(28-42(75)18-13-11-12-14-20-49(76)41(32-64)33-65)57(79)71-47(19-16-22-70-60(69)82)50(77)27-40-26-45(66)44(29-46(40)68)58(80)73(8)38(6)59(81)87-53-30-54(78)74(9)48-25-39(24-36(4)55(48)67)23-35(3)17-15-21-52(85-10)63(84)31-51(86-61(83)72-63)37(5)56-62(53,7)88-56/h15,17,21,24-26,29,34,37-38,41,43,47,51-53,56,84H,11-14,16,18-20,22-23,27-28,30-33H2,1-10H3,(H,71,79)(H,72,83)(H3,69,70,82)/b21-15+,35-17+/t37-,38+,43+,47+,51+,52-,53+,56+,62+,63+/m1/s1. The first-order valence-electron chi connectivity index (χ1n) is 29.7. The predicted molar refractivity (Wildman–Crippen MR) is 339 cm³/mol. The fourth-order valence-corrected chi connectivity index (χ4v) is 13.4. The van der Waals surface area contributed by atoms with Crippen molar-refractivity contribution in [3.05, 3.63) is 86.2 Å². The first kappa shape index (κ1) is 73.4. The number of primary amides is 1.